The second-order valence-electron chi connectivity index (χ2n) is 7.87. The summed E-state index contributed by atoms with van der Waals surface area (Å²) in [7, 11) is 1.72. The van der Waals surface area contributed by atoms with Crippen LogP contribution in [0.3, 0.4) is 0 Å². The van der Waals surface area contributed by atoms with Crippen molar-refractivity contribution < 1.29 is 9.47 Å². The number of nitrogens with zero attached hydrogens (tertiary/aromatic N) is 3. The summed E-state index contributed by atoms with van der Waals surface area (Å²) in [5.41, 5.74) is 1.40. The Morgan fingerprint density at radius 2 is 2.11 bits per heavy atom. The van der Waals surface area contributed by atoms with E-state index in [2.05, 4.69) is 33.8 Å². The highest BCUT2D eigenvalue weighted by atomic mass is 32.2. The summed E-state index contributed by atoms with van der Waals surface area (Å²) < 4.78 is 13.7. The van der Waals surface area contributed by atoms with E-state index in [0.717, 1.165) is 35.4 Å². The number of aromatic nitrogens is 3. The lowest BCUT2D eigenvalue weighted by atomic mass is 9.71. The first-order chi connectivity index (χ1) is 13.2. The molecule has 2 fully saturated rings. The summed E-state index contributed by atoms with van der Waals surface area (Å²) in [5, 5.41) is 10.0. The lowest BCUT2D eigenvalue weighted by molar-refractivity contribution is 0.0823. The van der Waals surface area contributed by atoms with Gasteiger partial charge in [0, 0.05) is 30.7 Å². The van der Waals surface area contributed by atoms with Crippen LogP contribution >= 0.6 is 11.8 Å². The largest absolute Gasteiger partial charge is 0.493 e. The fraction of sp³-hybridized carbons (Fsp3) is 0.619. The van der Waals surface area contributed by atoms with Crippen molar-refractivity contribution in [3.8, 4) is 5.75 Å². The van der Waals surface area contributed by atoms with Gasteiger partial charge in [-0.15, -0.1) is 10.2 Å². The molecule has 2 aliphatic carbocycles. The number of ether oxygens (including phenoxy) is 2. The van der Waals surface area contributed by atoms with Crippen LogP contribution in [0.15, 0.2) is 29.4 Å². The van der Waals surface area contributed by atoms with E-state index >= 15 is 0 Å². The maximum absolute atomic E-state index is 6.19. The lowest BCUT2D eigenvalue weighted by Crippen LogP contribution is -2.38. The standard InChI is InChI=1S/C21H29N3O2S/c1-3-24-19(17-8-9-17)22-23-20(24)27-15-21(10-5-11-21)14-26-18-7-4-6-16(12-18)13-25-2/h4,6-7,12,17H,3,5,8-11,13-15H2,1-2H3. The molecule has 0 radical (unpaired) electrons. The van der Waals surface area contributed by atoms with Crippen molar-refractivity contribution in [1.29, 1.82) is 0 Å². The topological polar surface area (TPSA) is 49.2 Å². The van der Waals surface area contributed by atoms with Gasteiger partial charge in [-0.2, -0.15) is 0 Å². The van der Waals surface area contributed by atoms with Crippen LogP contribution in [0.1, 0.15) is 56.3 Å². The number of hydrogen-bond acceptors (Lipinski definition) is 5. The molecule has 5 nitrogen and oxygen atoms in total. The SMILES string of the molecule is CCn1c(SCC2(COc3cccc(COC)c3)CCC2)nnc1C1CC1. The van der Waals surface area contributed by atoms with E-state index in [0.29, 0.717) is 12.5 Å². The Labute approximate surface area is 165 Å². The lowest BCUT2D eigenvalue weighted by Gasteiger charge is -2.41. The van der Waals surface area contributed by atoms with Gasteiger partial charge >= 0.3 is 0 Å². The van der Waals surface area contributed by atoms with Crippen LogP contribution in [-0.2, 0) is 17.9 Å². The Balaban J connectivity index is 1.36. The fourth-order valence-corrected chi connectivity index (χ4v) is 4.98. The van der Waals surface area contributed by atoms with Gasteiger partial charge in [0.2, 0.25) is 0 Å². The average Bonchev–Trinajstić information content (AvgIpc) is 3.41. The Hall–Kier alpha value is -1.53. The number of hydrogen-bond donors (Lipinski definition) is 0. The van der Waals surface area contributed by atoms with Crippen molar-refractivity contribution in [1.82, 2.24) is 14.8 Å². The predicted molar refractivity (Wildman–Crippen MR) is 107 cm³/mol. The minimum atomic E-state index is 0.256. The number of thioether (sulfide) groups is 1. The molecule has 0 aliphatic heterocycles. The molecule has 2 aromatic rings. The Morgan fingerprint density at radius 3 is 2.78 bits per heavy atom. The summed E-state index contributed by atoms with van der Waals surface area (Å²) in [4.78, 5) is 0. The molecule has 0 saturated heterocycles. The van der Waals surface area contributed by atoms with Gasteiger partial charge < -0.3 is 14.0 Å². The molecule has 2 saturated carbocycles. The van der Waals surface area contributed by atoms with Crippen molar-refractivity contribution in [2.75, 3.05) is 19.5 Å². The number of methoxy groups -OCH3 is 1. The highest BCUT2D eigenvalue weighted by Crippen LogP contribution is 2.46. The second kappa shape index (κ2) is 8.23. The molecule has 6 heteroatoms. The van der Waals surface area contributed by atoms with Crippen molar-refractivity contribution >= 4 is 11.8 Å². The zero-order valence-electron chi connectivity index (χ0n) is 16.3. The average molecular weight is 388 g/mol. The van der Waals surface area contributed by atoms with Crippen LogP contribution in [0.25, 0.3) is 0 Å². The van der Waals surface area contributed by atoms with Crippen LogP contribution in [0.2, 0.25) is 0 Å². The summed E-state index contributed by atoms with van der Waals surface area (Å²) in [6, 6.07) is 8.22. The molecule has 27 heavy (non-hydrogen) atoms. The van der Waals surface area contributed by atoms with Crippen LogP contribution in [0.4, 0.5) is 0 Å². The van der Waals surface area contributed by atoms with Gasteiger partial charge in [-0.25, -0.2) is 0 Å². The molecule has 0 N–H and O–H groups in total. The molecule has 1 heterocycles. The molecular formula is C21H29N3O2S. The second-order valence-corrected chi connectivity index (χ2v) is 8.81. The number of benzene rings is 1. The summed E-state index contributed by atoms with van der Waals surface area (Å²) in [6.07, 6.45) is 6.29. The monoisotopic (exact) mass is 387 g/mol. The van der Waals surface area contributed by atoms with E-state index in [-0.39, 0.29) is 5.41 Å². The number of rotatable bonds is 10. The molecule has 1 aromatic carbocycles. The van der Waals surface area contributed by atoms with Crippen LogP contribution < -0.4 is 4.74 Å². The normalized spacial score (nSPS) is 18.3. The van der Waals surface area contributed by atoms with Crippen molar-refractivity contribution in [2.45, 2.75) is 63.3 Å². The Morgan fingerprint density at radius 1 is 1.26 bits per heavy atom. The molecule has 146 valence electrons. The van der Waals surface area contributed by atoms with Crippen LogP contribution in [0.5, 0.6) is 5.75 Å². The first kappa shape index (κ1) is 18.8. The summed E-state index contributed by atoms with van der Waals surface area (Å²) in [6.45, 7) is 4.53. The molecule has 4 rings (SSSR count). The fourth-order valence-electron chi connectivity index (χ4n) is 3.70. The van der Waals surface area contributed by atoms with Gasteiger partial charge in [0.25, 0.3) is 0 Å². The Bertz CT molecular complexity index is 769. The molecule has 0 unspecified atom stereocenters. The zero-order valence-corrected chi connectivity index (χ0v) is 17.1. The minimum absolute atomic E-state index is 0.256. The first-order valence-corrected chi connectivity index (χ1v) is 11.0. The van der Waals surface area contributed by atoms with Crippen LogP contribution in [0, 0.1) is 5.41 Å². The van der Waals surface area contributed by atoms with Gasteiger partial charge in [0.05, 0.1) is 13.2 Å². The summed E-state index contributed by atoms with van der Waals surface area (Å²) in [5.74, 6) is 3.82. The first-order valence-electron chi connectivity index (χ1n) is 9.99. The highest BCUT2D eigenvalue weighted by Gasteiger charge is 2.39. The molecule has 0 spiro atoms. The van der Waals surface area contributed by atoms with Crippen molar-refractivity contribution in [3.63, 3.8) is 0 Å². The van der Waals surface area contributed by atoms with E-state index < -0.39 is 0 Å². The van der Waals surface area contributed by atoms with Gasteiger partial charge in [-0.1, -0.05) is 30.3 Å². The third kappa shape index (κ3) is 4.32. The molecule has 0 amide bonds. The highest BCUT2D eigenvalue weighted by molar-refractivity contribution is 7.99. The van der Waals surface area contributed by atoms with Crippen LogP contribution in [-0.4, -0.2) is 34.2 Å². The van der Waals surface area contributed by atoms with E-state index in [1.165, 1.54) is 37.9 Å². The maximum Gasteiger partial charge on any atom is 0.191 e. The Kier molecular flexibility index (Phi) is 5.74. The third-order valence-corrected chi connectivity index (χ3v) is 7.00. The molecule has 0 atom stereocenters. The van der Waals surface area contributed by atoms with Crippen molar-refractivity contribution in [3.05, 3.63) is 35.7 Å². The molecule has 0 bridgehead atoms. The minimum Gasteiger partial charge on any atom is -0.493 e. The van der Waals surface area contributed by atoms with Gasteiger partial charge in [-0.3, -0.25) is 0 Å². The van der Waals surface area contributed by atoms with Gasteiger partial charge in [-0.05, 0) is 50.3 Å². The van der Waals surface area contributed by atoms with E-state index in [4.69, 9.17) is 9.47 Å². The van der Waals surface area contributed by atoms with Gasteiger partial charge in [0.1, 0.15) is 11.6 Å². The maximum atomic E-state index is 6.19. The molecule has 2 aliphatic rings. The van der Waals surface area contributed by atoms with Gasteiger partial charge in [0.15, 0.2) is 5.16 Å². The van der Waals surface area contributed by atoms with E-state index in [1.807, 2.05) is 23.9 Å². The quantitative estimate of drug-likeness (QED) is 0.555. The predicted octanol–water partition coefficient (Wildman–Crippen LogP) is 4.66. The summed E-state index contributed by atoms with van der Waals surface area (Å²) >= 11 is 1.86. The van der Waals surface area contributed by atoms with E-state index in [9.17, 15) is 0 Å². The van der Waals surface area contributed by atoms with Crippen molar-refractivity contribution in [2.24, 2.45) is 5.41 Å². The van der Waals surface area contributed by atoms with E-state index in [1.54, 1.807) is 7.11 Å². The smallest absolute Gasteiger partial charge is 0.191 e. The molecular weight excluding hydrogens is 358 g/mol. The zero-order chi connectivity index (χ0) is 18.7. The molecule has 1 aromatic heterocycles. The third-order valence-electron chi connectivity index (χ3n) is 5.68.